The van der Waals surface area contributed by atoms with Crippen molar-refractivity contribution in [2.75, 3.05) is 26.2 Å². The first kappa shape index (κ1) is 13.7. The molecule has 0 saturated heterocycles. The second-order valence-electron chi connectivity index (χ2n) is 4.91. The molecule has 1 amide bonds. The largest absolute Gasteiger partial charge is 0.353 e. The summed E-state index contributed by atoms with van der Waals surface area (Å²) in [6.45, 7) is 5.30. The number of nitrogens with zero attached hydrogens (tertiary/aromatic N) is 2. The van der Waals surface area contributed by atoms with Crippen molar-refractivity contribution in [3.8, 4) is 0 Å². The number of aromatic nitrogens is 1. The number of hydrogen-bond acceptors (Lipinski definition) is 3. The molecule has 0 unspecified atom stereocenters. The maximum atomic E-state index is 10.9. The molecule has 1 aromatic rings. The lowest BCUT2D eigenvalue weighted by atomic mass is 10.1. The Morgan fingerprint density at radius 3 is 3.11 bits per heavy atom. The highest BCUT2D eigenvalue weighted by Gasteiger charge is 2.12. The van der Waals surface area contributed by atoms with Crippen molar-refractivity contribution in [3.05, 3.63) is 41.7 Å². The Labute approximate surface area is 114 Å². The van der Waals surface area contributed by atoms with Gasteiger partial charge in [0, 0.05) is 51.4 Å². The standard InChI is InChI=1S/C15H21N3O/c1-13(19)17-11-14-5-4-9-18(12-14)10-7-15-6-2-3-8-16-15/h2-3,5-6,8H,4,7,9-12H2,1H3,(H,17,19). The number of pyridine rings is 1. The van der Waals surface area contributed by atoms with E-state index in [0.29, 0.717) is 6.54 Å². The molecule has 1 aliphatic rings. The molecular formula is C15H21N3O. The molecule has 0 saturated carbocycles. The Kier molecular flexibility index (Phi) is 5.10. The number of carbonyl (C=O) groups excluding carboxylic acids is 1. The second-order valence-corrected chi connectivity index (χ2v) is 4.91. The van der Waals surface area contributed by atoms with Gasteiger partial charge in [-0.2, -0.15) is 0 Å². The summed E-state index contributed by atoms with van der Waals surface area (Å²) in [4.78, 5) is 17.7. The third-order valence-corrected chi connectivity index (χ3v) is 3.28. The summed E-state index contributed by atoms with van der Waals surface area (Å²) in [5.74, 6) is 0.0338. The maximum Gasteiger partial charge on any atom is 0.217 e. The minimum atomic E-state index is 0.0338. The molecule has 0 spiro atoms. The molecule has 0 bridgehead atoms. The van der Waals surface area contributed by atoms with Gasteiger partial charge in [-0.25, -0.2) is 0 Å². The van der Waals surface area contributed by atoms with Crippen LogP contribution in [0, 0.1) is 0 Å². The predicted molar refractivity (Wildman–Crippen MR) is 75.8 cm³/mol. The zero-order valence-electron chi connectivity index (χ0n) is 11.4. The Bertz CT molecular complexity index is 442. The van der Waals surface area contributed by atoms with Gasteiger partial charge in [0.05, 0.1) is 0 Å². The molecule has 102 valence electrons. The van der Waals surface area contributed by atoms with E-state index in [1.165, 1.54) is 5.57 Å². The average molecular weight is 259 g/mol. The van der Waals surface area contributed by atoms with Gasteiger partial charge >= 0.3 is 0 Å². The highest BCUT2D eigenvalue weighted by atomic mass is 16.1. The van der Waals surface area contributed by atoms with Crippen LogP contribution in [0.1, 0.15) is 19.0 Å². The molecule has 19 heavy (non-hydrogen) atoms. The van der Waals surface area contributed by atoms with Crippen LogP contribution in [0.3, 0.4) is 0 Å². The van der Waals surface area contributed by atoms with E-state index in [2.05, 4.69) is 27.3 Å². The number of carbonyl (C=O) groups is 1. The minimum absolute atomic E-state index is 0.0338. The van der Waals surface area contributed by atoms with Crippen LogP contribution in [0.4, 0.5) is 0 Å². The van der Waals surface area contributed by atoms with Crippen LogP contribution in [0.25, 0.3) is 0 Å². The van der Waals surface area contributed by atoms with Gasteiger partial charge in [0.1, 0.15) is 0 Å². The van der Waals surface area contributed by atoms with E-state index >= 15 is 0 Å². The van der Waals surface area contributed by atoms with E-state index in [9.17, 15) is 4.79 Å². The fourth-order valence-corrected chi connectivity index (χ4v) is 2.26. The number of nitrogens with one attached hydrogen (secondary N) is 1. The van der Waals surface area contributed by atoms with Crippen molar-refractivity contribution >= 4 is 5.91 Å². The summed E-state index contributed by atoms with van der Waals surface area (Å²) in [6.07, 6.45) is 6.13. The van der Waals surface area contributed by atoms with Gasteiger partial charge in [-0.05, 0) is 24.1 Å². The summed E-state index contributed by atoms with van der Waals surface area (Å²) < 4.78 is 0. The van der Waals surface area contributed by atoms with E-state index < -0.39 is 0 Å². The lowest BCUT2D eigenvalue weighted by Crippen LogP contribution is -2.35. The Balaban J connectivity index is 1.77. The summed E-state index contributed by atoms with van der Waals surface area (Å²) >= 11 is 0. The van der Waals surface area contributed by atoms with Gasteiger partial charge in [0.15, 0.2) is 0 Å². The smallest absolute Gasteiger partial charge is 0.217 e. The fourth-order valence-electron chi connectivity index (χ4n) is 2.26. The van der Waals surface area contributed by atoms with E-state index in [1.54, 1.807) is 6.92 Å². The van der Waals surface area contributed by atoms with Crippen molar-refractivity contribution in [2.24, 2.45) is 0 Å². The Morgan fingerprint density at radius 1 is 1.47 bits per heavy atom. The predicted octanol–water partition coefficient (Wildman–Crippen LogP) is 1.39. The van der Waals surface area contributed by atoms with Crippen LogP contribution >= 0.6 is 0 Å². The molecule has 1 aromatic heterocycles. The lowest BCUT2D eigenvalue weighted by Gasteiger charge is -2.27. The van der Waals surface area contributed by atoms with E-state index in [-0.39, 0.29) is 5.91 Å². The van der Waals surface area contributed by atoms with Crippen molar-refractivity contribution in [1.29, 1.82) is 0 Å². The molecule has 1 N–H and O–H groups in total. The van der Waals surface area contributed by atoms with Crippen LogP contribution < -0.4 is 5.32 Å². The molecule has 1 aliphatic heterocycles. The Morgan fingerprint density at radius 2 is 2.37 bits per heavy atom. The molecule has 2 heterocycles. The third-order valence-electron chi connectivity index (χ3n) is 3.28. The van der Waals surface area contributed by atoms with Gasteiger partial charge in [0.2, 0.25) is 5.91 Å². The SMILES string of the molecule is CC(=O)NCC1=CCCN(CCc2ccccn2)C1. The molecule has 4 heteroatoms. The van der Waals surface area contributed by atoms with Crippen LogP contribution in [0.15, 0.2) is 36.0 Å². The zero-order chi connectivity index (χ0) is 13.5. The van der Waals surface area contributed by atoms with Gasteiger partial charge in [-0.15, -0.1) is 0 Å². The lowest BCUT2D eigenvalue weighted by molar-refractivity contribution is -0.118. The van der Waals surface area contributed by atoms with Gasteiger partial charge in [-0.3, -0.25) is 14.7 Å². The molecule has 0 aliphatic carbocycles. The van der Waals surface area contributed by atoms with Crippen LogP contribution in [-0.2, 0) is 11.2 Å². The first-order chi connectivity index (χ1) is 9.24. The van der Waals surface area contributed by atoms with E-state index in [4.69, 9.17) is 0 Å². The van der Waals surface area contributed by atoms with Crippen LogP contribution in [0.2, 0.25) is 0 Å². The molecule has 2 rings (SSSR count). The minimum Gasteiger partial charge on any atom is -0.353 e. The fraction of sp³-hybridized carbons (Fsp3) is 0.467. The topological polar surface area (TPSA) is 45.2 Å². The van der Waals surface area contributed by atoms with Crippen molar-refractivity contribution in [2.45, 2.75) is 19.8 Å². The molecule has 0 fully saturated rings. The molecule has 4 nitrogen and oxygen atoms in total. The molecule has 0 atom stereocenters. The average Bonchev–Trinajstić information content (AvgIpc) is 2.44. The van der Waals surface area contributed by atoms with Crippen molar-refractivity contribution in [1.82, 2.24) is 15.2 Å². The van der Waals surface area contributed by atoms with Crippen molar-refractivity contribution < 1.29 is 4.79 Å². The highest BCUT2D eigenvalue weighted by molar-refractivity contribution is 5.73. The summed E-state index contributed by atoms with van der Waals surface area (Å²) in [5.41, 5.74) is 2.45. The number of amides is 1. The van der Waals surface area contributed by atoms with Gasteiger partial charge in [0.25, 0.3) is 0 Å². The quantitative estimate of drug-likeness (QED) is 0.813. The highest BCUT2D eigenvalue weighted by Crippen LogP contribution is 2.09. The molecular weight excluding hydrogens is 238 g/mol. The summed E-state index contributed by atoms with van der Waals surface area (Å²) in [6, 6.07) is 6.04. The van der Waals surface area contributed by atoms with E-state index in [0.717, 1.165) is 38.2 Å². The van der Waals surface area contributed by atoms with Gasteiger partial charge < -0.3 is 5.32 Å². The zero-order valence-corrected chi connectivity index (χ0v) is 11.4. The van der Waals surface area contributed by atoms with Crippen LogP contribution in [-0.4, -0.2) is 42.0 Å². The number of hydrogen-bond donors (Lipinski definition) is 1. The third kappa shape index (κ3) is 4.83. The molecule has 0 radical (unpaired) electrons. The second kappa shape index (κ2) is 7.04. The first-order valence-corrected chi connectivity index (χ1v) is 6.78. The monoisotopic (exact) mass is 259 g/mol. The summed E-state index contributed by atoms with van der Waals surface area (Å²) in [5, 5.41) is 2.86. The number of rotatable bonds is 5. The van der Waals surface area contributed by atoms with Gasteiger partial charge in [-0.1, -0.05) is 12.1 Å². The normalized spacial score (nSPS) is 15.9. The Hall–Kier alpha value is -1.68. The van der Waals surface area contributed by atoms with Crippen LogP contribution in [0.5, 0.6) is 0 Å². The first-order valence-electron chi connectivity index (χ1n) is 6.78. The van der Waals surface area contributed by atoms with Crippen molar-refractivity contribution in [3.63, 3.8) is 0 Å². The maximum absolute atomic E-state index is 10.9. The summed E-state index contributed by atoms with van der Waals surface area (Å²) in [7, 11) is 0. The molecule has 0 aromatic carbocycles. The van der Waals surface area contributed by atoms with E-state index in [1.807, 2.05) is 18.3 Å².